The Bertz CT molecular complexity index is 566. The number of carbonyl (C=O) groups excluding carboxylic acids is 1. The lowest BCUT2D eigenvalue weighted by Crippen LogP contribution is -2.31. The van der Waals surface area contributed by atoms with Crippen molar-refractivity contribution in [3.05, 3.63) is 55.1 Å². The zero-order chi connectivity index (χ0) is 14.5. The van der Waals surface area contributed by atoms with E-state index in [1.54, 1.807) is 12.2 Å². The molecule has 19 heavy (non-hydrogen) atoms. The van der Waals surface area contributed by atoms with Gasteiger partial charge in [0.05, 0.1) is 4.90 Å². The smallest absolute Gasteiger partial charge is 0.254 e. The van der Waals surface area contributed by atoms with Gasteiger partial charge in [-0.25, -0.2) is 13.6 Å². The summed E-state index contributed by atoms with van der Waals surface area (Å²) in [6.07, 6.45) is 3.22. The van der Waals surface area contributed by atoms with Crippen LogP contribution in [0.3, 0.4) is 0 Å². The second-order valence-corrected chi connectivity index (χ2v) is 5.42. The Morgan fingerprint density at radius 3 is 2.00 bits per heavy atom. The zero-order valence-corrected chi connectivity index (χ0v) is 11.3. The van der Waals surface area contributed by atoms with Gasteiger partial charge in [-0.2, -0.15) is 0 Å². The van der Waals surface area contributed by atoms with Gasteiger partial charge in [-0.05, 0) is 24.3 Å². The van der Waals surface area contributed by atoms with Gasteiger partial charge in [0.2, 0.25) is 10.0 Å². The standard InChI is InChI=1S/C13H16N2O3S/c1-3-9-15(10-4-2)13(16)11-5-7-12(8-6-11)19(14,17)18/h3-8H,1-2,9-10H2,(H2,14,17,18). The van der Waals surface area contributed by atoms with Crippen molar-refractivity contribution in [1.82, 2.24) is 4.90 Å². The number of carbonyl (C=O) groups is 1. The van der Waals surface area contributed by atoms with Crippen molar-refractivity contribution in [3.8, 4) is 0 Å². The van der Waals surface area contributed by atoms with Crippen LogP contribution in [0.15, 0.2) is 54.5 Å². The van der Waals surface area contributed by atoms with Crippen LogP contribution in [0, 0.1) is 0 Å². The summed E-state index contributed by atoms with van der Waals surface area (Å²) < 4.78 is 22.2. The number of amides is 1. The zero-order valence-electron chi connectivity index (χ0n) is 10.5. The van der Waals surface area contributed by atoms with E-state index in [0.717, 1.165) is 0 Å². The summed E-state index contributed by atoms with van der Waals surface area (Å²) in [4.78, 5) is 13.6. The quantitative estimate of drug-likeness (QED) is 0.794. The summed E-state index contributed by atoms with van der Waals surface area (Å²) in [5.74, 6) is -0.222. The molecule has 0 spiro atoms. The highest BCUT2D eigenvalue weighted by molar-refractivity contribution is 7.89. The topological polar surface area (TPSA) is 80.5 Å². The Morgan fingerprint density at radius 1 is 1.16 bits per heavy atom. The van der Waals surface area contributed by atoms with Gasteiger partial charge in [-0.3, -0.25) is 4.79 Å². The second-order valence-electron chi connectivity index (χ2n) is 3.86. The lowest BCUT2D eigenvalue weighted by molar-refractivity contribution is 0.0790. The van der Waals surface area contributed by atoms with Crippen LogP contribution in [0.25, 0.3) is 0 Å². The first-order valence-electron chi connectivity index (χ1n) is 5.54. The van der Waals surface area contributed by atoms with E-state index in [9.17, 15) is 13.2 Å². The third kappa shape index (κ3) is 4.04. The third-order valence-corrected chi connectivity index (χ3v) is 3.35. The first kappa shape index (κ1) is 15.1. The minimum Gasteiger partial charge on any atom is -0.331 e. The van der Waals surface area contributed by atoms with Crippen LogP contribution >= 0.6 is 0 Å². The molecule has 1 aromatic carbocycles. The van der Waals surface area contributed by atoms with Crippen molar-refractivity contribution in [1.29, 1.82) is 0 Å². The number of hydrogen-bond acceptors (Lipinski definition) is 3. The summed E-state index contributed by atoms with van der Waals surface area (Å²) in [5, 5.41) is 4.99. The minimum atomic E-state index is -3.74. The number of hydrogen-bond donors (Lipinski definition) is 1. The third-order valence-electron chi connectivity index (χ3n) is 2.42. The average Bonchev–Trinajstić information content (AvgIpc) is 2.37. The fraction of sp³-hybridized carbons (Fsp3) is 0.154. The van der Waals surface area contributed by atoms with Crippen molar-refractivity contribution in [2.24, 2.45) is 5.14 Å². The highest BCUT2D eigenvalue weighted by Crippen LogP contribution is 2.11. The molecule has 0 aliphatic rings. The maximum Gasteiger partial charge on any atom is 0.254 e. The summed E-state index contributed by atoms with van der Waals surface area (Å²) in [6, 6.07) is 5.48. The second kappa shape index (κ2) is 6.31. The molecule has 1 rings (SSSR count). The van der Waals surface area contributed by atoms with Gasteiger partial charge in [0, 0.05) is 18.7 Å². The molecular formula is C13H16N2O3S. The van der Waals surface area contributed by atoms with E-state index in [1.807, 2.05) is 0 Å². The van der Waals surface area contributed by atoms with Crippen LogP contribution in [-0.4, -0.2) is 32.3 Å². The fourth-order valence-electron chi connectivity index (χ4n) is 1.52. The van der Waals surface area contributed by atoms with Gasteiger partial charge in [0.1, 0.15) is 0 Å². The summed E-state index contributed by atoms with van der Waals surface area (Å²) in [7, 11) is -3.74. The Balaban J connectivity index is 2.99. The normalized spacial score (nSPS) is 10.8. The molecule has 0 atom stereocenters. The predicted octanol–water partition coefficient (Wildman–Crippen LogP) is 1.15. The first-order chi connectivity index (χ1) is 8.90. The Labute approximate surface area is 113 Å². The van der Waals surface area contributed by atoms with E-state index < -0.39 is 10.0 Å². The highest BCUT2D eigenvalue weighted by atomic mass is 32.2. The van der Waals surface area contributed by atoms with Crippen LogP contribution in [-0.2, 0) is 10.0 Å². The molecule has 0 saturated carbocycles. The first-order valence-corrected chi connectivity index (χ1v) is 7.08. The van der Waals surface area contributed by atoms with E-state index in [2.05, 4.69) is 13.2 Å². The van der Waals surface area contributed by atoms with Gasteiger partial charge in [-0.1, -0.05) is 12.2 Å². The lowest BCUT2D eigenvalue weighted by atomic mass is 10.2. The molecule has 0 aromatic heterocycles. The molecule has 0 bridgehead atoms. The molecule has 2 N–H and O–H groups in total. The number of nitrogens with zero attached hydrogens (tertiary/aromatic N) is 1. The molecule has 0 heterocycles. The maximum absolute atomic E-state index is 12.1. The maximum atomic E-state index is 12.1. The Kier molecular flexibility index (Phi) is 5.02. The summed E-state index contributed by atoms with van der Waals surface area (Å²) in [5.41, 5.74) is 0.385. The van der Waals surface area contributed by atoms with Gasteiger partial charge < -0.3 is 4.90 Å². The number of nitrogens with two attached hydrogens (primary N) is 1. The summed E-state index contributed by atoms with van der Waals surface area (Å²) >= 11 is 0. The SMILES string of the molecule is C=CCN(CC=C)C(=O)c1ccc(S(N)(=O)=O)cc1. The molecule has 0 radical (unpaired) electrons. The Morgan fingerprint density at radius 2 is 1.63 bits per heavy atom. The van der Waals surface area contributed by atoms with Crippen LogP contribution in [0.1, 0.15) is 10.4 Å². The summed E-state index contributed by atoms with van der Waals surface area (Å²) in [6.45, 7) is 7.94. The van der Waals surface area contributed by atoms with Gasteiger partial charge >= 0.3 is 0 Å². The Hall–Kier alpha value is -1.92. The minimum absolute atomic E-state index is 0.0250. The van der Waals surface area contributed by atoms with Crippen molar-refractivity contribution in [2.75, 3.05) is 13.1 Å². The fourth-order valence-corrected chi connectivity index (χ4v) is 2.04. The molecule has 0 unspecified atom stereocenters. The molecule has 1 aromatic rings. The van der Waals surface area contributed by atoms with E-state index in [4.69, 9.17) is 5.14 Å². The highest BCUT2D eigenvalue weighted by Gasteiger charge is 2.14. The molecule has 1 amide bonds. The number of sulfonamides is 1. The molecule has 0 saturated heterocycles. The predicted molar refractivity (Wildman–Crippen MR) is 74.1 cm³/mol. The molecule has 102 valence electrons. The van der Waals surface area contributed by atoms with Gasteiger partial charge in [-0.15, -0.1) is 13.2 Å². The van der Waals surface area contributed by atoms with Gasteiger partial charge in [0.25, 0.3) is 5.91 Å². The van der Waals surface area contributed by atoms with Crippen LogP contribution in [0.2, 0.25) is 0 Å². The van der Waals surface area contributed by atoms with Crippen LogP contribution in [0.4, 0.5) is 0 Å². The van der Waals surface area contributed by atoms with E-state index in [0.29, 0.717) is 18.7 Å². The number of benzene rings is 1. The molecule has 6 heteroatoms. The monoisotopic (exact) mass is 280 g/mol. The number of primary sulfonamides is 1. The van der Waals surface area contributed by atoms with Crippen molar-refractivity contribution < 1.29 is 13.2 Å². The van der Waals surface area contributed by atoms with Crippen LogP contribution in [0.5, 0.6) is 0 Å². The van der Waals surface area contributed by atoms with Crippen molar-refractivity contribution >= 4 is 15.9 Å². The molecule has 5 nitrogen and oxygen atoms in total. The molecule has 0 fully saturated rings. The van der Waals surface area contributed by atoms with Crippen LogP contribution < -0.4 is 5.14 Å². The molecular weight excluding hydrogens is 264 g/mol. The molecule has 0 aliphatic carbocycles. The molecule has 0 aliphatic heterocycles. The largest absolute Gasteiger partial charge is 0.331 e. The van der Waals surface area contributed by atoms with Crippen molar-refractivity contribution in [2.45, 2.75) is 4.90 Å². The van der Waals surface area contributed by atoms with E-state index >= 15 is 0 Å². The van der Waals surface area contributed by atoms with Crippen molar-refractivity contribution in [3.63, 3.8) is 0 Å². The van der Waals surface area contributed by atoms with E-state index in [-0.39, 0.29) is 10.8 Å². The lowest BCUT2D eigenvalue weighted by Gasteiger charge is -2.19. The van der Waals surface area contributed by atoms with Gasteiger partial charge in [0.15, 0.2) is 0 Å². The average molecular weight is 280 g/mol. The van der Waals surface area contributed by atoms with E-state index in [1.165, 1.54) is 29.2 Å². The number of rotatable bonds is 6.